The molecule has 58 valence electrons. The van der Waals surface area contributed by atoms with E-state index in [2.05, 4.69) is 0 Å². The summed E-state index contributed by atoms with van der Waals surface area (Å²) in [6.45, 7) is 4.07. The first-order valence-electron chi connectivity index (χ1n) is 3.59. The van der Waals surface area contributed by atoms with Crippen LogP contribution in [0.15, 0.2) is 12.2 Å². The van der Waals surface area contributed by atoms with Crippen molar-refractivity contribution in [3.8, 4) is 0 Å². The standard InChI is InChI=1S/C8H14O2/c1-3-7(4-2)5-6-8(9)10/h5-7H,3-4H2,1-2H3,(H,9,10)/p-1. The third-order valence-corrected chi connectivity index (χ3v) is 1.55. The molecule has 0 atom stereocenters. The van der Waals surface area contributed by atoms with Crippen molar-refractivity contribution in [2.75, 3.05) is 0 Å². The van der Waals surface area contributed by atoms with Crippen LogP contribution in [0, 0.1) is 5.92 Å². The molecule has 2 heteroatoms. The topological polar surface area (TPSA) is 40.1 Å². The lowest BCUT2D eigenvalue weighted by Gasteiger charge is -2.04. The summed E-state index contributed by atoms with van der Waals surface area (Å²) >= 11 is 0. The fourth-order valence-corrected chi connectivity index (χ4v) is 0.775. The number of carboxylic acids is 1. The highest BCUT2D eigenvalue weighted by Crippen LogP contribution is 2.07. The molecular weight excluding hydrogens is 128 g/mol. The van der Waals surface area contributed by atoms with Crippen LogP contribution >= 0.6 is 0 Å². The van der Waals surface area contributed by atoms with E-state index in [1.807, 2.05) is 13.8 Å². The summed E-state index contributed by atoms with van der Waals surface area (Å²) in [5, 5.41) is 9.94. The molecule has 0 aromatic rings. The molecule has 0 amide bonds. The molecule has 10 heavy (non-hydrogen) atoms. The molecule has 0 aromatic carbocycles. The molecule has 0 fully saturated rings. The number of hydrogen-bond donors (Lipinski definition) is 0. The highest BCUT2D eigenvalue weighted by atomic mass is 16.4. The summed E-state index contributed by atoms with van der Waals surface area (Å²) in [5.74, 6) is -0.718. The van der Waals surface area contributed by atoms with Gasteiger partial charge in [0.05, 0.1) is 5.97 Å². The summed E-state index contributed by atoms with van der Waals surface area (Å²) in [5.41, 5.74) is 0. The maximum absolute atomic E-state index is 9.94. The minimum atomic E-state index is -1.10. The molecule has 2 nitrogen and oxygen atoms in total. The monoisotopic (exact) mass is 141 g/mol. The van der Waals surface area contributed by atoms with Gasteiger partial charge >= 0.3 is 0 Å². The molecule has 0 heterocycles. The van der Waals surface area contributed by atoms with Gasteiger partial charge in [-0.25, -0.2) is 0 Å². The first-order valence-corrected chi connectivity index (χ1v) is 3.59. The molecule has 0 radical (unpaired) electrons. The van der Waals surface area contributed by atoms with Crippen LogP contribution in [0.3, 0.4) is 0 Å². The first-order chi connectivity index (χ1) is 4.70. The first kappa shape index (κ1) is 9.21. The fraction of sp³-hybridized carbons (Fsp3) is 0.625. The highest BCUT2D eigenvalue weighted by molar-refractivity contribution is 5.77. The summed E-state index contributed by atoms with van der Waals surface area (Å²) < 4.78 is 0. The van der Waals surface area contributed by atoms with Crippen LogP contribution in [-0.4, -0.2) is 5.97 Å². The Morgan fingerprint density at radius 2 is 2.00 bits per heavy atom. The van der Waals surface area contributed by atoms with Crippen LogP contribution in [0.2, 0.25) is 0 Å². The summed E-state index contributed by atoms with van der Waals surface area (Å²) in [4.78, 5) is 9.94. The SMILES string of the molecule is CCC(C=CC(=O)[O-])CC. The predicted molar refractivity (Wildman–Crippen MR) is 38.2 cm³/mol. The zero-order valence-electron chi connectivity index (χ0n) is 6.46. The molecule has 0 aromatic heterocycles. The van der Waals surface area contributed by atoms with Gasteiger partial charge in [0.2, 0.25) is 0 Å². The minimum absolute atomic E-state index is 0.387. The lowest BCUT2D eigenvalue weighted by Crippen LogP contribution is -2.19. The van der Waals surface area contributed by atoms with E-state index in [-0.39, 0.29) is 0 Å². The van der Waals surface area contributed by atoms with Gasteiger partial charge in [-0.05, 0) is 24.8 Å². The minimum Gasteiger partial charge on any atom is -0.545 e. The average molecular weight is 141 g/mol. The number of aliphatic carboxylic acids is 1. The quantitative estimate of drug-likeness (QED) is 0.541. The van der Waals surface area contributed by atoms with Crippen molar-refractivity contribution in [2.45, 2.75) is 26.7 Å². The van der Waals surface area contributed by atoms with E-state index in [4.69, 9.17) is 0 Å². The second-order valence-electron chi connectivity index (χ2n) is 2.25. The zero-order chi connectivity index (χ0) is 7.98. The molecule has 0 aliphatic heterocycles. The Labute approximate surface area is 61.6 Å². The molecule has 0 saturated heterocycles. The number of carbonyl (C=O) groups excluding carboxylic acids is 1. The molecule has 0 aliphatic carbocycles. The van der Waals surface area contributed by atoms with Crippen LogP contribution in [-0.2, 0) is 4.79 Å². The van der Waals surface area contributed by atoms with Crippen molar-refractivity contribution in [3.05, 3.63) is 12.2 Å². The van der Waals surface area contributed by atoms with Crippen LogP contribution in [0.25, 0.3) is 0 Å². The van der Waals surface area contributed by atoms with Gasteiger partial charge in [0.25, 0.3) is 0 Å². The Morgan fingerprint density at radius 3 is 2.30 bits per heavy atom. The maximum Gasteiger partial charge on any atom is 0.0639 e. The molecule has 0 saturated carbocycles. The van der Waals surface area contributed by atoms with E-state index >= 15 is 0 Å². The van der Waals surface area contributed by atoms with Crippen LogP contribution in [0.1, 0.15) is 26.7 Å². The number of hydrogen-bond acceptors (Lipinski definition) is 2. The molecule has 0 N–H and O–H groups in total. The van der Waals surface area contributed by atoms with E-state index in [1.54, 1.807) is 6.08 Å². The van der Waals surface area contributed by atoms with Crippen LogP contribution < -0.4 is 5.11 Å². The van der Waals surface area contributed by atoms with Gasteiger partial charge < -0.3 is 9.90 Å². The second-order valence-corrected chi connectivity index (χ2v) is 2.25. The lowest BCUT2D eigenvalue weighted by molar-refractivity contribution is -0.297. The van der Waals surface area contributed by atoms with Crippen molar-refractivity contribution in [3.63, 3.8) is 0 Å². The van der Waals surface area contributed by atoms with Gasteiger partial charge in [-0.1, -0.05) is 19.9 Å². The average Bonchev–Trinajstić information content (AvgIpc) is 1.90. The highest BCUT2D eigenvalue weighted by Gasteiger charge is 1.95. The summed E-state index contributed by atoms with van der Waals surface area (Å²) in [7, 11) is 0. The normalized spacial score (nSPS) is 11.1. The zero-order valence-corrected chi connectivity index (χ0v) is 6.46. The third kappa shape index (κ3) is 4.13. The smallest absolute Gasteiger partial charge is 0.0639 e. The molecular formula is C8H13O2-. The van der Waals surface area contributed by atoms with E-state index in [9.17, 15) is 9.90 Å². The van der Waals surface area contributed by atoms with Gasteiger partial charge in [0.15, 0.2) is 0 Å². The Morgan fingerprint density at radius 1 is 1.50 bits per heavy atom. The second kappa shape index (κ2) is 5.03. The van der Waals surface area contributed by atoms with Gasteiger partial charge in [-0.2, -0.15) is 0 Å². The predicted octanol–water partition coefficient (Wildman–Crippen LogP) is 0.729. The lowest BCUT2D eigenvalue weighted by atomic mass is 10.0. The van der Waals surface area contributed by atoms with Gasteiger partial charge in [0, 0.05) is 0 Å². The van der Waals surface area contributed by atoms with Crippen LogP contribution in [0.5, 0.6) is 0 Å². The summed E-state index contributed by atoms with van der Waals surface area (Å²) in [6.07, 6.45) is 4.77. The third-order valence-electron chi connectivity index (χ3n) is 1.55. The van der Waals surface area contributed by atoms with E-state index < -0.39 is 5.97 Å². The van der Waals surface area contributed by atoms with Crippen molar-refractivity contribution in [2.24, 2.45) is 5.92 Å². The molecule has 0 unspecified atom stereocenters. The molecule has 0 aliphatic rings. The Hall–Kier alpha value is -0.790. The van der Waals surface area contributed by atoms with Crippen molar-refractivity contribution in [1.82, 2.24) is 0 Å². The van der Waals surface area contributed by atoms with Gasteiger partial charge in [-0.15, -0.1) is 0 Å². The van der Waals surface area contributed by atoms with Crippen molar-refractivity contribution < 1.29 is 9.90 Å². The van der Waals surface area contributed by atoms with E-state index in [0.29, 0.717) is 5.92 Å². The van der Waals surface area contributed by atoms with Crippen molar-refractivity contribution >= 4 is 5.97 Å². The Bertz CT molecular complexity index is 123. The Balaban J connectivity index is 3.72. The van der Waals surface area contributed by atoms with E-state index in [1.165, 1.54) is 0 Å². The fourth-order valence-electron chi connectivity index (χ4n) is 0.775. The molecule has 0 rings (SSSR count). The number of rotatable bonds is 4. The van der Waals surface area contributed by atoms with Crippen molar-refractivity contribution in [1.29, 1.82) is 0 Å². The maximum atomic E-state index is 9.94. The molecule has 0 bridgehead atoms. The number of allylic oxidation sites excluding steroid dienone is 1. The number of carboxylic acid groups (broad SMARTS) is 1. The van der Waals surface area contributed by atoms with Gasteiger partial charge in [-0.3, -0.25) is 0 Å². The Kier molecular flexibility index (Phi) is 4.63. The van der Waals surface area contributed by atoms with E-state index in [0.717, 1.165) is 18.9 Å². The summed E-state index contributed by atoms with van der Waals surface area (Å²) in [6, 6.07) is 0. The molecule has 0 spiro atoms. The van der Waals surface area contributed by atoms with Crippen LogP contribution in [0.4, 0.5) is 0 Å². The number of carbonyl (C=O) groups is 1. The largest absolute Gasteiger partial charge is 0.545 e. The van der Waals surface area contributed by atoms with Gasteiger partial charge in [0.1, 0.15) is 0 Å².